The van der Waals surface area contributed by atoms with Gasteiger partial charge in [-0.25, -0.2) is 0 Å². The summed E-state index contributed by atoms with van der Waals surface area (Å²) in [6.45, 7) is 0.617. The maximum absolute atomic E-state index is 12.6. The summed E-state index contributed by atoms with van der Waals surface area (Å²) in [4.78, 5) is 18.6. The van der Waals surface area contributed by atoms with E-state index in [-0.39, 0.29) is 5.91 Å². The van der Waals surface area contributed by atoms with Crippen molar-refractivity contribution in [2.45, 2.75) is 6.54 Å². The third-order valence-corrected chi connectivity index (χ3v) is 3.94. The maximum atomic E-state index is 12.6. The molecule has 0 unspecified atom stereocenters. The zero-order valence-corrected chi connectivity index (χ0v) is 11.9. The summed E-state index contributed by atoms with van der Waals surface area (Å²) in [5, 5.41) is 5.07. The fraction of sp³-hybridized carbons (Fsp3) is 0.125. The third-order valence-electron chi connectivity index (χ3n) is 3.21. The fourth-order valence-electron chi connectivity index (χ4n) is 2.21. The van der Waals surface area contributed by atoms with Crippen molar-refractivity contribution in [3.8, 4) is 0 Å². The molecule has 1 amide bonds. The minimum Gasteiger partial charge on any atom is -0.337 e. The Morgan fingerprint density at radius 2 is 2.10 bits per heavy atom. The number of rotatable bonds is 3. The number of carbonyl (C=O) groups is 1. The predicted molar refractivity (Wildman–Crippen MR) is 81.9 cm³/mol. The van der Waals surface area contributed by atoms with Crippen molar-refractivity contribution >= 4 is 28.1 Å². The van der Waals surface area contributed by atoms with Crippen molar-refractivity contribution < 1.29 is 4.79 Å². The van der Waals surface area contributed by atoms with E-state index >= 15 is 0 Å². The van der Waals surface area contributed by atoms with Crippen molar-refractivity contribution in [1.29, 1.82) is 0 Å². The molecule has 0 atom stereocenters. The van der Waals surface area contributed by atoms with Crippen LogP contribution in [0.3, 0.4) is 0 Å². The maximum Gasteiger partial charge on any atom is 0.256 e. The molecule has 3 aromatic rings. The molecule has 20 heavy (non-hydrogen) atoms. The monoisotopic (exact) mass is 282 g/mol. The van der Waals surface area contributed by atoms with Gasteiger partial charge in [0.1, 0.15) is 0 Å². The van der Waals surface area contributed by atoms with Gasteiger partial charge in [-0.15, -0.1) is 0 Å². The fourth-order valence-corrected chi connectivity index (χ4v) is 2.87. The summed E-state index contributed by atoms with van der Waals surface area (Å²) in [7, 11) is 1.82. The lowest BCUT2D eigenvalue weighted by molar-refractivity contribution is 0.0787. The van der Waals surface area contributed by atoms with E-state index < -0.39 is 0 Å². The number of hydrogen-bond donors (Lipinski definition) is 0. The van der Waals surface area contributed by atoms with E-state index in [9.17, 15) is 4.79 Å². The topological polar surface area (TPSA) is 33.2 Å². The van der Waals surface area contributed by atoms with Crippen LogP contribution in [0.25, 0.3) is 10.9 Å². The molecule has 0 spiro atoms. The average molecular weight is 282 g/mol. The number of nitrogens with zero attached hydrogens (tertiary/aromatic N) is 2. The molecule has 1 aromatic carbocycles. The number of carbonyl (C=O) groups excluding carboxylic acids is 1. The lowest BCUT2D eigenvalue weighted by atomic mass is 10.1. The molecule has 0 saturated heterocycles. The van der Waals surface area contributed by atoms with Gasteiger partial charge in [0, 0.05) is 25.2 Å². The zero-order valence-electron chi connectivity index (χ0n) is 11.1. The van der Waals surface area contributed by atoms with Gasteiger partial charge in [-0.05, 0) is 34.5 Å². The van der Waals surface area contributed by atoms with Gasteiger partial charge >= 0.3 is 0 Å². The number of benzene rings is 1. The molecule has 0 radical (unpaired) electrons. The highest BCUT2D eigenvalue weighted by atomic mass is 32.1. The number of fused-ring (bicyclic) bond motifs is 1. The number of hydrogen-bond acceptors (Lipinski definition) is 3. The number of amides is 1. The van der Waals surface area contributed by atoms with E-state index in [1.54, 1.807) is 22.4 Å². The molecule has 0 N–H and O–H groups in total. The third kappa shape index (κ3) is 2.42. The van der Waals surface area contributed by atoms with Gasteiger partial charge in [0.15, 0.2) is 0 Å². The number of para-hydroxylation sites is 1. The quantitative estimate of drug-likeness (QED) is 0.736. The molecular formula is C16H14N2OS. The second-order valence-corrected chi connectivity index (χ2v) is 5.45. The van der Waals surface area contributed by atoms with E-state index in [1.807, 2.05) is 48.8 Å². The summed E-state index contributed by atoms with van der Waals surface area (Å²) >= 11 is 1.64. The molecule has 3 nitrogen and oxygen atoms in total. The second-order valence-electron chi connectivity index (χ2n) is 4.67. The van der Waals surface area contributed by atoms with Crippen LogP contribution in [-0.4, -0.2) is 22.8 Å². The lowest BCUT2D eigenvalue weighted by Gasteiger charge is -2.17. The molecule has 0 saturated carbocycles. The van der Waals surface area contributed by atoms with Crippen LogP contribution in [0.2, 0.25) is 0 Å². The van der Waals surface area contributed by atoms with E-state index in [2.05, 4.69) is 10.4 Å². The Kier molecular flexibility index (Phi) is 3.48. The van der Waals surface area contributed by atoms with Gasteiger partial charge < -0.3 is 4.90 Å². The highest BCUT2D eigenvalue weighted by Gasteiger charge is 2.15. The molecule has 4 heteroatoms. The standard InChI is InChI=1S/C16H14N2OS/c1-18(10-12-7-9-20-11-12)16(19)14-6-2-4-13-5-3-8-17-15(13)14/h2-9,11H,10H2,1H3. The van der Waals surface area contributed by atoms with Gasteiger partial charge in [0.25, 0.3) is 5.91 Å². The highest BCUT2D eigenvalue weighted by Crippen LogP contribution is 2.18. The van der Waals surface area contributed by atoms with Crippen molar-refractivity contribution in [2.75, 3.05) is 7.05 Å². The lowest BCUT2D eigenvalue weighted by Crippen LogP contribution is -2.26. The van der Waals surface area contributed by atoms with E-state index in [0.717, 1.165) is 16.5 Å². The number of pyridine rings is 1. The van der Waals surface area contributed by atoms with Crippen LogP contribution in [0.4, 0.5) is 0 Å². The molecule has 0 aliphatic carbocycles. The molecule has 0 fully saturated rings. The first-order valence-corrected chi connectivity index (χ1v) is 7.30. The van der Waals surface area contributed by atoms with Crippen LogP contribution in [0, 0.1) is 0 Å². The Morgan fingerprint density at radius 1 is 1.25 bits per heavy atom. The van der Waals surface area contributed by atoms with E-state index in [0.29, 0.717) is 12.1 Å². The summed E-state index contributed by atoms with van der Waals surface area (Å²) in [5.74, 6) is 0.000463. The summed E-state index contributed by atoms with van der Waals surface area (Å²) in [5.41, 5.74) is 2.57. The zero-order chi connectivity index (χ0) is 13.9. The second kappa shape index (κ2) is 5.43. The van der Waals surface area contributed by atoms with Gasteiger partial charge in [-0.3, -0.25) is 9.78 Å². The highest BCUT2D eigenvalue weighted by molar-refractivity contribution is 7.07. The van der Waals surface area contributed by atoms with Gasteiger partial charge in [0.2, 0.25) is 0 Å². The van der Waals surface area contributed by atoms with Crippen LogP contribution in [0.15, 0.2) is 53.4 Å². The van der Waals surface area contributed by atoms with E-state index in [1.165, 1.54) is 0 Å². The smallest absolute Gasteiger partial charge is 0.256 e. The Morgan fingerprint density at radius 3 is 2.90 bits per heavy atom. The van der Waals surface area contributed by atoms with Gasteiger partial charge in [-0.1, -0.05) is 18.2 Å². The van der Waals surface area contributed by atoms with Gasteiger partial charge in [-0.2, -0.15) is 11.3 Å². The van der Waals surface area contributed by atoms with Crippen molar-refractivity contribution in [2.24, 2.45) is 0 Å². The van der Waals surface area contributed by atoms with Crippen LogP contribution >= 0.6 is 11.3 Å². The Bertz CT molecular complexity index is 732. The predicted octanol–water partition coefficient (Wildman–Crippen LogP) is 3.57. The van der Waals surface area contributed by atoms with Crippen LogP contribution in [-0.2, 0) is 6.54 Å². The molecule has 2 heterocycles. The van der Waals surface area contributed by atoms with Crippen LogP contribution in [0.5, 0.6) is 0 Å². The normalized spacial score (nSPS) is 10.7. The largest absolute Gasteiger partial charge is 0.337 e. The molecule has 0 bridgehead atoms. The molecule has 0 aliphatic rings. The first-order chi connectivity index (χ1) is 9.75. The van der Waals surface area contributed by atoms with Crippen LogP contribution in [0.1, 0.15) is 15.9 Å². The Balaban J connectivity index is 1.92. The average Bonchev–Trinajstić information content (AvgIpc) is 2.99. The molecular weight excluding hydrogens is 268 g/mol. The summed E-state index contributed by atoms with van der Waals surface area (Å²) in [6, 6.07) is 11.6. The molecule has 0 aliphatic heterocycles. The summed E-state index contributed by atoms with van der Waals surface area (Å²) in [6.07, 6.45) is 1.72. The van der Waals surface area contributed by atoms with Gasteiger partial charge in [0.05, 0.1) is 11.1 Å². The first-order valence-electron chi connectivity index (χ1n) is 6.36. The Labute approximate surface area is 121 Å². The minimum atomic E-state index is 0.000463. The van der Waals surface area contributed by atoms with Crippen molar-refractivity contribution in [3.63, 3.8) is 0 Å². The van der Waals surface area contributed by atoms with E-state index in [4.69, 9.17) is 0 Å². The molecule has 2 aromatic heterocycles. The number of thiophene rings is 1. The Hall–Kier alpha value is -2.20. The van der Waals surface area contributed by atoms with Crippen LogP contribution < -0.4 is 0 Å². The minimum absolute atomic E-state index is 0.000463. The molecule has 100 valence electrons. The summed E-state index contributed by atoms with van der Waals surface area (Å²) < 4.78 is 0. The first kappa shape index (κ1) is 12.8. The number of aromatic nitrogens is 1. The SMILES string of the molecule is CN(Cc1ccsc1)C(=O)c1cccc2cccnc12. The van der Waals surface area contributed by atoms with Crippen molar-refractivity contribution in [3.05, 3.63) is 64.5 Å². The van der Waals surface area contributed by atoms with Crippen molar-refractivity contribution in [1.82, 2.24) is 9.88 Å². The molecule has 3 rings (SSSR count).